The van der Waals surface area contributed by atoms with Crippen LogP contribution in [-0.2, 0) is 22.6 Å². The van der Waals surface area contributed by atoms with Gasteiger partial charge in [0.1, 0.15) is 23.9 Å². The maximum Gasteiger partial charge on any atom is 0.333 e. The molecule has 1 aromatic carbocycles. The third-order valence-electron chi connectivity index (χ3n) is 5.04. The molecule has 3 rings (SSSR count). The number of hydrogen-bond acceptors (Lipinski definition) is 6. The second kappa shape index (κ2) is 9.57. The molecule has 0 radical (unpaired) electrons. The number of nitrogen functional groups attached to an aromatic ring is 1. The highest BCUT2D eigenvalue weighted by Gasteiger charge is 2.24. The molecule has 2 aromatic rings. The van der Waals surface area contributed by atoms with Gasteiger partial charge in [-0.3, -0.25) is 14.2 Å². The highest BCUT2D eigenvalue weighted by Crippen LogP contribution is 2.21. The van der Waals surface area contributed by atoms with Crippen LogP contribution >= 0.6 is 0 Å². The number of aromatic nitrogens is 2. The molecule has 9 nitrogen and oxygen atoms in total. The zero-order valence-electron chi connectivity index (χ0n) is 16.9. The van der Waals surface area contributed by atoms with Gasteiger partial charge in [0.15, 0.2) is 0 Å². The Morgan fingerprint density at radius 1 is 1.20 bits per heavy atom. The number of rotatable bonds is 7. The molecule has 1 amide bonds. The molecular weight excluding hydrogens is 393 g/mol. The van der Waals surface area contributed by atoms with Crippen LogP contribution in [0.3, 0.4) is 0 Å². The fraction of sp³-hybridized carbons (Fsp3) is 0.450. The number of halogens is 1. The number of piperidine rings is 1. The Hall–Kier alpha value is -3.14. The van der Waals surface area contributed by atoms with E-state index in [1.54, 1.807) is 0 Å². The molecule has 3 N–H and O–H groups in total. The molecule has 1 aliphatic rings. The minimum Gasteiger partial charge on any atom is -0.383 e. The fourth-order valence-electron chi connectivity index (χ4n) is 3.56. The van der Waals surface area contributed by atoms with Crippen molar-refractivity contribution in [3.63, 3.8) is 0 Å². The van der Waals surface area contributed by atoms with Crippen LogP contribution in [0.5, 0.6) is 0 Å². The van der Waals surface area contributed by atoms with E-state index in [-0.39, 0.29) is 30.3 Å². The summed E-state index contributed by atoms with van der Waals surface area (Å²) in [5, 5.41) is 2.51. The molecule has 1 fully saturated rings. The number of amides is 1. The molecule has 0 atom stereocenters. The summed E-state index contributed by atoms with van der Waals surface area (Å²) in [6.45, 7) is 1.15. The van der Waals surface area contributed by atoms with E-state index in [0.717, 1.165) is 29.9 Å². The molecule has 0 aliphatic carbocycles. The van der Waals surface area contributed by atoms with Crippen LogP contribution in [0.1, 0.15) is 19.3 Å². The van der Waals surface area contributed by atoms with Gasteiger partial charge >= 0.3 is 5.69 Å². The normalized spacial score (nSPS) is 14.0. The SMILES string of the molecule is COCCn1c(N)c(N2CCCCC2)c(=O)n(CC(=O)Nc2cccc(F)c2)c1=O. The standard InChI is InChI=1S/C20H26FN5O4/c1-30-11-10-25-18(22)17(24-8-3-2-4-9-24)19(28)26(20(25)29)13-16(27)23-15-7-5-6-14(21)12-15/h5-7,12H,2-4,8-11,13,22H2,1H3,(H,23,27). The van der Waals surface area contributed by atoms with E-state index in [4.69, 9.17) is 10.5 Å². The van der Waals surface area contributed by atoms with Gasteiger partial charge in [0.25, 0.3) is 5.56 Å². The van der Waals surface area contributed by atoms with Gasteiger partial charge in [-0.1, -0.05) is 6.07 Å². The molecule has 162 valence electrons. The van der Waals surface area contributed by atoms with E-state index in [1.807, 2.05) is 4.90 Å². The number of nitrogens with two attached hydrogens (primary N) is 1. The Bertz CT molecular complexity index is 1030. The van der Waals surface area contributed by atoms with Crippen molar-refractivity contribution in [2.24, 2.45) is 0 Å². The Labute approximate surface area is 172 Å². The van der Waals surface area contributed by atoms with E-state index in [1.165, 1.54) is 29.9 Å². The molecule has 1 aromatic heterocycles. The van der Waals surface area contributed by atoms with Gasteiger partial charge in [0.2, 0.25) is 5.91 Å². The molecule has 0 bridgehead atoms. The number of benzene rings is 1. The summed E-state index contributed by atoms with van der Waals surface area (Å²) in [6, 6.07) is 5.37. The molecule has 1 saturated heterocycles. The second-order valence-corrected chi connectivity index (χ2v) is 7.16. The van der Waals surface area contributed by atoms with Crippen LogP contribution in [0.4, 0.5) is 21.6 Å². The summed E-state index contributed by atoms with van der Waals surface area (Å²) in [4.78, 5) is 40.4. The number of nitrogens with one attached hydrogen (secondary N) is 1. The summed E-state index contributed by atoms with van der Waals surface area (Å²) in [7, 11) is 1.50. The second-order valence-electron chi connectivity index (χ2n) is 7.16. The minimum atomic E-state index is -0.690. The maximum absolute atomic E-state index is 13.4. The van der Waals surface area contributed by atoms with Crippen LogP contribution in [0.2, 0.25) is 0 Å². The number of methoxy groups -OCH3 is 1. The van der Waals surface area contributed by atoms with Crippen molar-refractivity contribution in [3.05, 3.63) is 50.9 Å². The van der Waals surface area contributed by atoms with Crippen molar-refractivity contribution in [1.29, 1.82) is 0 Å². The first-order valence-corrected chi connectivity index (χ1v) is 9.84. The quantitative estimate of drug-likeness (QED) is 0.693. The minimum absolute atomic E-state index is 0.0748. The van der Waals surface area contributed by atoms with E-state index in [0.29, 0.717) is 13.1 Å². The summed E-state index contributed by atoms with van der Waals surface area (Å²) in [6.07, 6.45) is 2.89. The molecule has 10 heteroatoms. The number of carbonyl (C=O) groups is 1. The number of hydrogen-bond donors (Lipinski definition) is 2. The highest BCUT2D eigenvalue weighted by atomic mass is 19.1. The van der Waals surface area contributed by atoms with Gasteiger partial charge in [-0.2, -0.15) is 0 Å². The van der Waals surface area contributed by atoms with Crippen LogP contribution in [-0.4, -0.2) is 41.8 Å². The molecule has 0 unspecified atom stereocenters. The molecule has 0 saturated carbocycles. The van der Waals surface area contributed by atoms with Crippen LogP contribution in [0, 0.1) is 5.82 Å². The van der Waals surface area contributed by atoms with Crippen LogP contribution in [0.15, 0.2) is 33.9 Å². The summed E-state index contributed by atoms with van der Waals surface area (Å²) in [5.74, 6) is -1.05. The molecule has 0 spiro atoms. The first-order chi connectivity index (χ1) is 14.4. The number of anilines is 3. The van der Waals surface area contributed by atoms with Crippen molar-refractivity contribution < 1.29 is 13.9 Å². The first-order valence-electron chi connectivity index (χ1n) is 9.84. The van der Waals surface area contributed by atoms with E-state index in [2.05, 4.69) is 5.32 Å². The smallest absolute Gasteiger partial charge is 0.333 e. The van der Waals surface area contributed by atoms with Crippen molar-refractivity contribution in [1.82, 2.24) is 9.13 Å². The van der Waals surface area contributed by atoms with Gasteiger partial charge in [-0.05, 0) is 37.5 Å². The lowest BCUT2D eigenvalue weighted by molar-refractivity contribution is -0.116. The van der Waals surface area contributed by atoms with Crippen LogP contribution in [0.25, 0.3) is 0 Å². The predicted octanol–water partition coefficient (Wildman–Crippen LogP) is 1.01. The van der Waals surface area contributed by atoms with Gasteiger partial charge in [0, 0.05) is 25.9 Å². The number of carbonyl (C=O) groups excluding carboxylic acids is 1. The number of ether oxygens (including phenoxy) is 1. The lowest BCUT2D eigenvalue weighted by Gasteiger charge is -2.30. The van der Waals surface area contributed by atoms with Gasteiger partial charge < -0.3 is 20.7 Å². The first kappa shape index (κ1) is 21.6. The highest BCUT2D eigenvalue weighted by molar-refractivity contribution is 5.90. The van der Waals surface area contributed by atoms with Crippen molar-refractivity contribution >= 4 is 23.1 Å². The Morgan fingerprint density at radius 2 is 1.93 bits per heavy atom. The Morgan fingerprint density at radius 3 is 2.60 bits per heavy atom. The Kier molecular flexibility index (Phi) is 6.88. The third-order valence-corrected chi connectivity index (χ3v) is 5.04. The molecule has 2 heterocycles. The fourth-order valence-corrected chi connectivity index (χ4v) is 3.56. The average Bonchev–Trinajstić information content (AvgIpc) is 2.72. The molecule has 30 heavy (non-hydrogen) atoms. The summed E-state index contributed by atoms with van der Waals surface area (Å²) < 4.78 is 20.5. The van der Waals surface area contributed by atoms with Gasteiger partial charge in [0.05, 0.1) is 13.2 Å². The van der Waals surface area contributed by atoms with Crippen molar-refractivity contribution in [3.8, 4) is 0 Å². The van der Waals surface area contributed by atoms with E-state index < -0.39 is 29.5 Å². The predicted molar refractivity (Wildman–Crippen MR) is 112 cm³/mol. The lowest BCUT2D eigenvalue weighted by Crippen LogP contribution is -2.47. The van der Waals surface area contributed by atoms with E-state index >= 15 is 0 Å². The largest absolute Gasteiger partial charge is 0.383 e. The average molecular weight is 419 g/mol. The summed E-state index contributed by atoms with van der Waals surface area (Å²) >= 11 is 0. The molecular formula is C20H26FN5O4. The zero-order chi connectivity index (χ0) is 21.7. The lowest BCUT2D eigenvalue weighted by atomic mass is 10.1. The van der Waals surface area contributed by atoms with Gasteiger partial charge in [-0.25, -0.2) is 13.8 Å². The topological polar surface area (TPSA) is 112 Å². The summed E-state index contributed by atoms with van der Waals surface area (Å²) in [5.41, 5.74) is 5.37. The van der Waals surface area contributed by atoms with Crippen molar-refractivity contribution in [2.75, 3.05) is 42.8 Å². The zero-order valence-corrected chi connectivity index (χ0v) is 16.9. The molecule has 1 aliphatic heterocycles. The van der Waals surface area contributed by atoms with E-state index in [9.17, 15) is 18.8 Å². The monoisotopic (exact) mass is 419 g/mol. The number of nitrogens with zero attached hydrogens (tertiary/aromatic N) is 3. The third kappa shape index (κ3) is 4.70. The van der Waals surface area contributed by atoms with Crippen molar-refractivity contribution in [2.45, 2.75) is 32.4 Å². The van der Waals surface area contributed by atoms with Crippen LogP contribution < -0.4 is 27.2 Å². The Balaban J connectivity index is 1.98. The van der Waals surface area contributed by atoms with Gasteiger partial charge in [-0.15, -0.1) is 0 Å². The maximum atomic E-state index is 13.4.